The lowest BCUT2D eigenvalue weighted by atomic mass is 9.66. The summed E-state index contributed by atoms with van der Waals surface area (Å²) in [6.07, 6.45) is 3.38. The van der Waals surface area contributed by atoms with E-state index in [2.05, 4.69) is 13.8 Å². The van der Waals surface area contributed by atoms with Crippen molar-refractivity contribution in [3.8, 4) is 11.5 Å². The second kappa shape index (κ2) is 5.41. The van der Waals surface area contributed by atoms with Crippen LogP contribution in [-0.4, -0.2) is 14.2 Å². The van der Waals surface area contributed by atoms with Gasteiger partial charge in [0, 0.05) is 0 Å². The zero-order valence-electron chi connectivity index (χ0n) is 12.4. The van der Waals surface area contributed by atoms with Gasteiger partial charge < -0.3 is 15.2 Å². The van der Waals surface area contributed by atoms with Gasteiger partial charge in [0.2, 0.25) is 0 Å². The van der Waals surface area contributed by atoms with Crippen LogP contribution in [0.15, 0.2) is 18.2 Å². The van der Waals surface area contributed by atoms with Crippen LogP contribution < -0.4 is 15.2 Å². The highest BCUT2D eigenvalue weighted by molar-refractivity contribution is 5.50. The maximum atomic E-state index is 6.81. The Labute approximate surface area is 116 Å². The Bertz CT molecular complexity index is 424. The molecule has 0 aromatic heterocycles. The lowest BCUT2D eigenvalue weighted by Gasteiger charge is -2.43. The van der Waals surface area contributed by atoms with E-state index in [9.17, 15) is 0 Å². The number of nitrogens with two attached hydrogens (primary N) is 1. The number of hydrogen-bond donors (Lipinski definition) is 1. The van der Waals surface area contributed by atoms with Gasteiger partial charge in [0.1, 0.15) is 11.5 Å². The highest BCUT2D eigenvalue weighted by atomic mass is 16.5. The summed E-state index contributed by atoms with van der Waals surface area (Å²) in [7, 11) is 3.39. The molecule has 2 rings (SSSR count). The first-order chi connectivity index (χ1) is 9.02. The number of hydrogen-bond acceptors (Lipinski definition) is 3. The van der Waals surface area contributed by atoms with Crippen molar-refractivity contribution in [2.24, 2.45) is 17.6 Å². The summed E-state index contributed by atoms with van der Waals surface area (Å²) in [5.74, 6) is 2.73. The van der Waals surface area contributed by atoms with Crippen LogP contribution >= 0.6 is 0 Å². The predicted octanol–water partition coefficient (Wildman–Crippen LogP) is 3.31. The SMILES string of the molecule is COc1cccc(OC)c1C1(N)CC(C)CCC1C. The van der Waals surface area contributed by atoms with Gasteiger partial charge in [0.25, 0.3) is 0 Å². The summed E-state index contributed by atoms with van der Waals surface area (Å²) in [5.41, 5.74) is 7.47. The quantitative estimate of drug-likeness (QED) is 0.910. The minimum Gasteiger partial charge on any atom is -0.496 e. The molecule has 1 aliphatic rings. The third kappa shape index (κ3) is 2.44. The summed E-state index contributed by atoms with van der Waals surface area (Å²) in [4.78, 5) is 0. The van der Waals surface area contributed by atoms with Gasteiger partial charge in [-0.15, -0.1) is 0 Å². The van der Waals surface area contributed by atoms with Gasteiger partial charge in [-0.2, -0.15) is 0 Å². The monoisotopic (exact) mass is 263 g/mol. The van der Waals surface area contributed by atoms with E-state index in [4.69, 9.17) is 15.2 Å². The maximum Gasteiger partial charge on any atom is 0.127 e. The molecule has 0 amide bonds. The van der Waals surface area contributed by atoms with E-state index in [1.54, 1.807) is 14.2 Å². The third-order valence-corrected chi connectivity index (χ3v) is 4.55. The van der Waals surface area contributed by atoms with Crippen LogP contribution in [0.2, 0.25) is 0 Å². The molecule has 1 aliphatic carbocycles. The number of ether oxygens (including phenoxy) is 2. The van der Waals surface area contributed by atoms with E-state index in [0.717, 1.165) is 29.9 Å². The van der Waals surface area contributed by atoms with Gasteiger partial charge in [-0.1, -0.05) is 26.3 Å². The molecule has 2 N–H and O–H groups in total. The lowest BCUT2D eigenvalue weighted by molar-refractivity contribution is 0.154. The van der Waals surface area contributed by atoms with Crippen LogP contribution in [-0.2, 0) is 5.54 Å². The Morgan fingerprint density at radius 1 is 1.11 bits per heavy atom. The maximum absolute atomic E-state index is 6.81. The number of rotatable bonds is 3. The molecule has 0 bridgehead atoms. The van der Waals surface area contributed by atoms with Gasteiger partial charge in [-0.25, -0.2) is 0 Å². The zero-order chi connectivity index (χ0) is 14.0. The standard InChI is InChI=1S/C16H25NO2/c1-11-8-9-12(2)16(17,10-11)15-13(18-3)6-5-7-14(15)19-4/h5-7,11-12H,8-10,17H2,1-4H3. The molecule has 1 aromatic rings. The second-order valence-corrected chi connectivity index (χ2v) is 5.87. The van der Waals surface area contributed by atoms with Crippen LogP contribution in [0, 0.1) is 11.8 Å². The van der Waals surface area contributed by atoms with E-state index in [0.29, 0.717) is 11.8 Å². The Kier molecular flexibility index (Phi) is 4.04. The Balaban J connectivity index is 2.54. The smallest absolute Gasteiger partial charge is 0.127 e. The van der Waals surface area contributed by atoms with E-state index >= 15 is 0 Å². The summed E-state index contributed by atoms with van der Waals surface area (Å²) in [5, 5.41) is 0. The van der Waals surface area contributed by atoms with Gasteiger partial charge in [0.05, 0.1) is 25.3 Å². The molecule has 3 unspecified atom stereocenters. The number of methoxy groups -OCH3 is 2. The van der Waals surface area contributed by atoms with Gasteiger partial charge in [-0.3, -0.25) is 0 Å². The first-order valence-electron chi connectivity index (χ1n) is 7.03. The first-order valence-corrected chi connectivity index (χ1v) is 7.03. The highest BCUT2D eigenvalue weighted by Crippen LogP contribution is 2.48. The van der Waals surface area contributed by atoms with E-state index in [1.165, 1.54) is 6.42 Å². The van der Waals surface area contributed by atoms with Crippen LogP contribution in [0.3, 0.4) is 0 Å². The largest absolute Gasteiger partial charge is 0.496 e. The molecule has 3 atom stereocenters. The van der Waals surface area contributed by atoms with Crippen molar-refractivity contribution in [1.29, 1.82) is 0 Å². The molecule has 0 radical (unpaired) electrons. The van der Waals surface area contributed by atoms with E-state index < -0.39 is 0 Å². The molecule has 0 aliphatic heterocycles. The van der Waals surface area contributed by atoms with E-state index in [-0.39, 0.29) is 5.54 Å². The lowest BCUT2D eigenvalue weighted by Crippen LogP contribution is -2.47. The minimum absolute atomic E-state index is 0.365. The fraction of sp³-hybridized carbons (Fsp3) is 0.625. The first kappa shape index (κ1) is 14.2. The molecule has 1 saturated carbocycles. The van der Waals surface area contributed by atoms with Crippen LogP contribution in [0.1, 0.15) is 38.7 Å². The zero-order valence-corrected chi connectivity index (χ0v) is 12.4. The average molecular weight is 263 g/mol. The van der Waals surface area contributed by atoms with E-state index in [1.807, 2.05) is 18.2 Å². The van der Waals surface area contributed by atoms with Crippen molar-refractivity contribution < 1.29 is 9.47 Å². The van der Waals surface area contributed by atoms with Crippen molar-refractivity contribution in [2.75, 3.05) is 14.2 Å². The highest BCUT2D eigenvalue weighted by Gasteiger charge is 2.42. The molecule has 3 nitrogen and oxygen atoms in total. The molecular formula is C16H25NO2. The molecule has 0 heterocycles. The summed E-state index contributed by atoms with van der Waals surface area (Å²) >= 11 is 0. The van der Waals surface area contributed by atoms with Crippen molar-refractivity contribution in [1.82, 2.24) is 0 Å². The van der Waals surface area contributed by atoms with Gasteiger partial charge >= 0.3 is 0 Å². The summed E-state index contributed by atoms with van der Waals surface area (Å²) < 4.78 is 11.1. The Morgan fingerprint density at radius 3 is 2.21 bits per heavy atom. The fourth-order valence-corrected chi connectivity index (χ4v) is 3.33. The molecule has 106 valence electrons. The van der Waals surface area contributed by atoms with Gasteiger partial charge in [0.15, 0.2) is 0 Å². The minimum atomic E-state index is -0.365. The topological polar surface area (TPSA) is 44.5 Å². The normalized spacial score (nSPS) is 31.0. The summed E-state index contributed by atoms with van der Waals surface area (Å²) in [6.45, 7) is 4.51. The van der Waals surface area contributed by atoms with Crippen molar-refractivity contribution in [3.63, 3.8) is 0 Å². The third-order valence-electron chi connectivity index (χ3n) is 4.55. The van der Waals surface area contributed by atoms with Crippen LogP contribution in [0.25, 0.3) is 0 Å². The van der Waals surface area contributed by atoms with Crippen molar-refractivity contribution in [2.45, 2.75) is 38.6 Å². The Hall–Kier alpha value is -1.22. The molecule has 19 heavy (non-hydrogen) atoms. The summed E-state index contributed by atoms with van der Waals surface area (Å²) in [6, 6.07) is 5.89. The molecule has 1 fully saturated rings. The van der Waals surface area contributed by atoms with Crippen LogP contribution in [0.4, 0.5) is 0 Å². The second-order valence-electron chi connectivity index (χ2n) is 5.87. The molecular weight excluding hydrogens is 238 g/mol. The van der Waals surface area contributed by atoms with Crippen molar-refractivity contribution >= 4 is 0 Å². The fourth-order valence-electron chi connectivity index (χ4n) is 3.33. The molecule has 1 aromatic carbocycles. The van der Waals surface area contributed by atoms with Crippen LogP contribution in [0.5, 0.6) is 11.5 Å². The molecule has 0 spiro atoms. The number of benzene rings is 1. The average Bonchev–Trinajstić information content (AvgIpc) is 2.42. The van der Waals surface area contributed by atoms with Crippen molar-refractivity contribution in [3.05, 3.63) is 23.8 Å². The Morgan fingerprint density at radius 2 is 1.68 bits per heavy atom. The predicted molar refractivity (Wildman–Crippen MR) is 77.6 cm³/mol. The van der Waals surface area contributed by atoms with Gasteiger partial charge in [-0.05, 0) is 36.8 Å². The molecule has 0 saturated heterocycles. The molecule has 3 heteroatoms.